The molecular weight excluding hydrogens is 604 g/mol. The van der Waals surface area contributed by atoms with Crippen molar-refractivity contribution < 1.29 is 43.5 Å². The minimum atomic E-state index is -1.18. The minimum Gasteiger partial charge on any atom is -0.462 e. The molecule has 0 aromatic heterocycles. The molecule has 47 heavy (non-hydrogen) atoms. The van der Waals surface area contributed by atoms with Crippen LogP contribution in [0.2, 0.25) is 0 Å². The number of aldehydes is 1. The second-order valence-corrected chi connectivity index (χ2v) is 13.7. The number of ketones is 1. The zero-order chi connectivity index (χ0) is 35.3. The molecule has 0 spiro atoms. The Morgan fingerprint density at radius 1 is 1.09 bits per heavy atom. The molecule has 0 aromatic rings. The quantitative estimate of drug-likeness (QED) is 0.234. The van der Waals surface area contributed by atoms with Gasteiger partial charge in [0.1, 0.15) is 18.5 Å². The summed E-state index contributed by atoms with van der Waals surface area (Å²) in [5.74, 6) is -2.38. The topological polar surface area (TPSA) is 135 Å². The van der Waals surface area contributed by atoms with E-state index in [0.717, 1.165) is 24.9 Å². The number of carbonyl (C=O) groups is 3. The number of esters is 1. The molecule has 11 heteroatoms. The molecule has 1 fully saturated rings. The van der Waals surface area contributed by atoms with Crippen LogP contribution in [-0.2, 0) is 33.3 Å². The van der Waals surface area contributed by atoms with Crippen molar-refractivity contribution in [1.82, 2.24) is 9.80 Å². The molecule has 11 nitrogen and oxygen atoms in total. The lowest BCUT2D eigenvalue weighted by Crippen LogP contribution is -2.56. The van der Waals surface area contributed by atoms with Crippen molar-refractivity contribution in [2.75, 3.05) is 47.4 Å². The molecule has 0 amide bonds. The van der Waals surface area contributed by atoms with Gasteiger partial charge in [0.15, 0.2) is 12.1 Å². The van der Waals surface area contributed by atoms with Gasteiger partial charge in [0.2, 0.25) is 0 Å². The molecule has 2 heterocycles. The number of rotatable bonds is 12. The number of aliphatic hydroxyl groups is 2. The van der Waals surface area contributed by atoms with Crippen LogP contribution in [0.1, 0.15) is 73.6 Å². The van der Waals surface area contributed by atoms with E-state index >= 15 is 0 Å². The van der Waals surface area contributed by atoms with Crippen molar-refractivity contribution in [2.45, 2.75) is 116 Å². The van der Waals surface area contributed by atoms with Crippen molar-refractivity contribution in [1.29, 1.82) is 0 Å². The molecule has 11 atom stereocenters. The number of aliphatic hydroxyl groups excluding tert-OH is 2. The number of cyclic esters (lactones) is 1. The molecule has 0 radical (unpaired) electrons. The molecule has 2 N–H and O–H groups in total. The van der Waals surface area contributed by atoms with Crippen LogP contribution in [0, 0.1) is 23.7 Å². The van der Waals surface area contributed by atoms with E-state index in [4.69, 9.17) is 18.9 Å². The molecule has 2 aliphatic heterocycles. The number of ether oxygens (including phenoxy) is 4. The molecule has 2 aliphatic rings. The summed E-state index contributed by atoms with van der Waals surface area (Å²) in [7, 11) is 5.43. The maximum Gasteiger partial charge on any atom is 0.308 e. The van der Waals surface area contributed by atoms with Crippen LogP contribution in [0.15, 0.2) is 23.8 Å². The normalized spacial score (nSPS) is 37.0. The van der Waals surface area contributed by atoms with Gasteiger partial charge in [-0.1, -0.05) is 45.4 Å². The van der Waals surface area contributed by atoms with Gasteiger partial charge in [-0.3, -0.25) is 9.59 Å². The predicted octanol–water partition coefficient (Wildman–Crippen LogP) is 3.41. The number of carbonyl (C=O) groups excluding carboxylic acids is 3. The molecule has 2 rings (SSSR count). The number of nitrogens with zero attached hydrogens (tertiary/aromatic N) is 2. The van der Waals surface area contributed by atoms with Gasteiger partial charge in [0.25, 0.3) is 0 Å². The highest BCUT2D eigenvalue weighted by Gasteiger charge is 2.43. The maximum absolute atomic E-state index is 13.4. The first kappa shape index (κ1) is 41.2. The first-order valence-electron chi connectivity index (χ1n) is 17.3. The Morgan fingerprint density at radius 3 is 2.38 bits per heavy atom. The number of hydrogen-bond donors (Lipinski definition) is 2. The smallest absolute Gasteiger partial charge is 0.308 e. The summed E-state index contributed by atoms with van der Waals surface area (Å²) in [6, 6.07) is -0.228. The van der Waals surface area contributed by atoms with Crippen LogP contribution >= 0.6 is 0 Å². The van der Waals surface area contributed by atoms with E-state index in [9.17, 15) is 24.6 Å². The summed E-state index contributed by atoms with van der Waals surface area (Å²) >= 11 is 0. The van der Waals surface area contributed by atoms with Crippen molar-refractivity contribution >= 4 is 18.0 Å². The highest BCUT2D eigenvalue weighted by atomic mass is 16.7. The molecule has 270 valence electrons. The van der Waals surface area contributed by atoms with E-state index in [1.54, 1.807) is 26.2 Å². The third-order valence-electron chi connectivity index (χ3n) is 9.75. The molecular formula is C36H62N2O9. The maximum atomic E-state index is 13.4. The summed E-state index contributed by atoms with van der Waals surface area (Å²) in [6.07, 6.45) is 2.79. The third-order valence-corrected chi connectivity index (χ3v) is 9.75. The Hall–Kier alpha value is -1.99. The zero-order valence-corrected chi connectivity index (χ0v) is 30.2. The van der Waals surface area contributed by atoms with E-state index in [1.165, 1.54) is 0 Å². The minimum absolute atomic E-state index is 0.0680. The molecule has 0 bridgehead atoms. The van der Waals surface area contributed by atoms with Crippen molar-refractivity contribution in [2.24, 2.45) is 23.7 Å². The van der Waals surface area contributed by atoms with Gasteiger partial charge >= 0.3 is 5.97 Å². The van der Waals surface area contributed by atoms with Crippen LogP contribution in [-0.4, -0.2) is 128 Å². The second-order valence-electron chi connectivity index (χ2n) is 13.7. The van der Waals surface area contributed by atoms with E-state index in [0.29, 0.717) is 32.4 Å². The summed E-state index contributed by atoms with van der Waals surface area (Å²) < 4.78 is 23.9. The lowest BCUT2D eigenvalue weighted by Gasteiger charge is -2.44. The van der Waals surface area contributed by atoms with Crippen LogP contribution in [0.25, 0.3) is 0 Å². The first-order chi connectivity index (χ1) is 22.3. The molecule has 0 aliphatic carbocycles. The Morgan fingerprint density at radius 2 is 1.79 bits per heavy atom. The highest BCUT2D eigenvalue weighted by molar-refractivity contribution is 5.91. The number of hydrogen-bond acceptors (Lipinski definition) is 11. The van der Waals surface area contributed by atoms with Gasteiger partial charge in [-0.15, -0.1) is 0 Å². The monoisotopic (exact) mass is 666 g/mol. The van der Waals surface area contributed by atoms with E-state index in [2.05, 4.69) is 11.8 Å². The Kier molecular flexibility index (Phi) is 18.0. The molecule has 0 saturated carbocycles. The standard InChI is InChI=1S/C36H62N2O9/c1-10-32-28(22-38(11-2)15-17-44-9)18-23(3)12-13-30(40)24(4)19-27(14-16-39)35(26(6)31(41)21-33(42)46-32)47-36-34(43)29(37(7)8)20-25(5)45-36/h12-13,16,18,24-29,31-32,34-36,41,43H,10-11,14-15,17,19-22H2,1-9H3/b13-12+,23-18+. The van der Waals surface area contributed by atoms with Crippen LogP contribution in [0.3, 0.4) is 0 Å². The SMILES string of the molecule is CCC1OC(=O)CC(O)C(C)C(OC2OC(C)CC(N(C)C)C2O)C(CC=O)CC(C)C(=O)/C=C/C(C)=C/C1CN(CC)CCOC. The fourth-order valence-electron chi connectivity index (χ4n) is 6.74. The average Bonchev–Trinajstić information content (AvgIpc) is 3.02. The average molecular weight is 667 g/mol. The fourth-order valence-corrected chi connectivity index (χ4v) is 6.74. The van der Waals surface area contributed by atoms with Gasteiger partial charge in [-0.05, 0) is 65.7 Å². The zero-order valence-electron chi connectivity index (χ0n) is 30.2. The van der Waals surface area contributed by atoms with Gasteiger partial charge < -0.3 is 43.8 Å². The van der Waals surface area contributed by atoms with Crippen molar-refractivity contribution in [3.05, 3.63) is 23.8 Å². The molecule has 1 saturated heterocycles. The number of allylic oxidation sites excluding steroid dienone is 3. The highest BCUT2D eigenvalue weighted by Crippen LogP contribution is 2.34. The van der Waals surface area contributed by atoms with Crippen molar-refractivity contribution in [3.8, 4) is 0 Å². The van der Waals surface area contributed by atoms with Crippen molar-refractivity contribution in [3.63, 3.8) is 0 Å². The Bertz CT molecular complexity index is 1030. The Balaban J connectivity index is 2.51. The summed E-state index contributed by atoms with van der Waals surface area (Å²) in [5, 5.41) is 22.7. The lowest BCUT2D eigenvalue weighted by molar-refractivity contribution is -0.283. The predicted molar refractivity (Wildman–Crippen MR) is 181 cm³/mol. The van der Waals surface area contributed by atoms with E-state index in [-0.39, 0.29) is 36.7 Å². The fraction of sp³-hybridized carbons (Fsp3) is 0.806. The van der Waals surface area contributed by atoms with Gasteiger partial charge in [0.05, 0.1) is 31.3 Å². The molecule has 0 aromatic carbocycles. The third kappa shape index (κ3) is 12.8. The van der Waals surface area contributed by atoms with E-state index < -0.39 is 54.4 Å². The summed E-state index contributed by atoms with van der Waals surface area (Å²) in [6.45, 7) is 14.2. The van der Waals surface area contributed by atoms with Gasteiger partial charge in [0, 0.05) is 50.4 Å². The summed E-state index contributed by atoms with van der Waals surface area (Å²) in [4.78, 5) is 42.9. The van der Waals surface area contributed by atoms with Crippen LogP contribution < -0.4 is 0 Å². The van der Waals surface area contributed by atoms with Gasteiger partial charge in [-0.2, -0.15) is 0 Å². The van der Waals surface area contributed by atoms with Gasteiger partial charge in [-0.25, -0.2) is 0 Å². The number of methoxy groups -OCH3 is 1. The van der Waals surface area contributed by atoms with Crippen LogP contribution in [0.4, 0.5) is 0 Å². The Labute approximate surface area is 282 Å². The van der Waals surface area contributed by atoms with E-state index in [1.807, 2.05) is 52.8 Å². The first-order valence-corrected chi connectivity index (χ1v) is 17.3. The number of likely N-dealkylation sites (N-methyl/N-ethyl adjacent to an activating group) is 2. The second kappa shape index (κ2) is 20.5. The lowest BCUT2D eigenvalue weighted by atomic mass is 9.79. The molecule has 11 unspecified atom stereocenters. The largest absolute Gasteiger partial charge is 0.462 e. The van der Waals surface area contributed by atoms with Crippen LogP contribution in [0.5, 0.6) is 0 Å². The summed E-state index contributed by atoms with van der Waals surface area (Å²) in [5.41, 5.74) is 0.868.